The van der Waals surface area contributed by atoms with Crippen molar-refractivity contribution in [2.75, 3.05) is 27.9 Å². The van der Waals surface area contributed by atoms with Crippen LogP contribution in [0.4, 0.5) is 22.4 Å². The molecule has 4 amide bonds. The fraction of sp³-hybridized carbons (Fsp3) is 0.318. The highest BCUT2D eigenvalue weighted by Crippen LogP contribution is 2.40. The van der Waals surface area contributed by atoms with Crippen molar-refractivity contribution >= 4 is 17.8 Å². The van der Waals surface area contributed by atoms with Crippen LogP contribution in [0.5, 0.6) is 17.2 Å². The summed E-state index contributed by atoms with van der Waals surface area (Å²) < 4.78 is 70.8. The molecule has 9 nitrogen and oxygen atoms in total. The summed E-state index contributed by atoms with van der Waals surface area (Å²) in [5, 5.41) is 3.18. The van der Waals surface area contributed by atoms with Crippen LogP contribution in [0.3, 0.4) is 0 Å². The Kier molecular flexibility index (Phi) is 7.08. The molecule has 0 spiro atoms. The van der Waals surface area contributed by atoms with Crippen LogP contribution in [0.1, 0.15) is 15.9 Å². The van der Waals surface area contributed by atoms with Crippen LogP contribution in [0, 0.1) is 5.82 Å². The number of methoxy groups -OCH3 is 3. The molecule has 1 saturated heterocycles. The predicted molar refractivity (Wildman–Crippen MR) is 113 cm³/mol. The molecule has 1 atom stereocenters. The van der Waals surface area contributed by atoms with E-state index in [0.29, 0.717) is 10.5 Å². The third-order valence-electron chi connectivity index (χ3n) is 5.32. The summed E-state index contributed by atoms with van der Waals surface area (Å²) >= 11 is 0. The van der Waals surface area contributed by atoms with Gasteiger partial charge in [0.05, 0.1) is 26.9 Å². The first kappa shape index (κ1) is 25.6. The molecular formula is C22H21F4N3O6. The van der Waals surface area contributed by atoms with Gasteiger partial charge in [0.1, 0.15) is 5.82 Å². The molecule has 0 radical (unpaired) electrons. The summed E-state index contributed by atoms with van der Waals surface area (Å²) in [5.74, 6) is -3.77. The second kappa shape index (κ2) is 9.68. The standard InChI is InChI=1S/C22H21F4N3O6/c1-33-15-9-8-14(16(34-2)17(15)35-3)18(30)27-21(22(24,25)26)19(31)29(20(32)28-21)11-10-12-4-6-13(23)7-5-12/h4-9H,10-11H2,1-3H3,(H,27,30)(H,28,32)/t21-/m1/s1. The van der Waals surface area contributed by atoms with Crippen LogP contribution in [-0.2, 0) is 11.2 Å². The first-order chi connectivity index (χ1) is 16.5. The molecule has 35 heavy (non-hydrogen) atoms. The molecular weight excluding hydrogens is 478 g/mol. The number of rotatable bonds is 8. The van der Waals surface area contributed by atoms with E-state index in [4.69, 9.17) is 14.2 Å². The van der Waals surface area contributed by atoms with Gasteiger partial charge in [-0.2, -0.15) is 13.2 Å². The molecule has 1 aliphatic rings. The zero-order chi connectivity index (χ0) is 26.0. The number of amides is 4. The van der Waals surface area contributed by atoms with Crippen LogP contribution in [0.2, 0.25) is 0 Å². The van der Waals surface area contributed by atoms with Gasteiger partial charge in [-0.3, -0.25) is 19.8 Å². The second-order valence-electron chi connectivity index (χ2n) is 7.35. The minimum atomic E-state index is -5.40. The van der Waals surface area contributed by atoms with E-state index in [2.05, 4.69) is 0 Å². The zero-order valence-electron chi connectivity index (χ0n) is 18.8. The molecule has 1 aliphatic heterocycles. The molecule has 0 aromatic heterocycles. The van der Waals surface area contributed by atoms with E-state index in [9.17, 15) is 31.9 Å². The van der Waals surface area contributed by atoms with Gasteiger partial charge in [0.25, 0.3) is 17.5 Å². The number of ether oxygens (including phenoxy) is 3. The van der Waals surface area contributed by atoms with Crippen molar-refractivity contribution in [2.45, 2.75) is 18.3 Å². The quantitative estimate of drug-likeness (QED) is 0.428. The zero-order valence-corrected chi connectivity index (χ0v) is 18.8. The Morgan fingerprint density at radius 2 is 1.63 bits per heavy atom. The van der Waals surface area contributed by atoms with E-state index in [1.807, 2.05) is 0 Å². The molecule has 0 saturated carbocycles. The fourth-order valence-corrected chi connectivity index (χ4v) is 3.54. The highest BCUT2D eigenvalue weighted by atomic mass is 19.4. The lowest BCUT2D eigenvalue weighted by atomic mass is 10.1. The van der Waals surface area contributed by atoms with Crippen molar-refractivity contribution in [3.63, 3.8) is 0 Å². The van der Waals surface area contributed by atoms with Crippen molar-refractivity contribution < 1.29 is 46.2 Å². The Bertz CT molecular complexity index is 1140. The van der Waals surface area contributed by atoms with E-state index in [1.54, 1.807) is 10.6 Å². The van der Waals surface area contributed by atoms with Crippen molar-refractivity contribution in [1.82, 2.24) is 15.5 Å². The number of nitrogens with zero attached hydrogens (tertiary/aromatic N) is 1. The number of carbonyl (C=O) groups excluding carboxylic acids is 3. The number of hydrogen-bond acceptors (Lipinski definition) is 6. The average Bonchev–Trinajstić information content (AvgIpc) is 3.06. The van der Waals surface area contributed by atoms with Gasteiger partial charge in [-0.05, 0) is 36.2 Å². The van der Waals surface area contributed by atoms with E-state index in [-0.39, 0.29) is 23.7 Å². The molecule has 3 rings (SSSR count). The molecule has 0 bridgehead atoms. The van der Waals surface area contributed by atoms with Gasteiger partial charge >= 0.3 is 12.2 Å². The number of alkyl halides is 3. The molecule has 1 heterocycles. The Balaban J connectivity index is 1.92. The molecule has 2 N–H and O–H groups in total. The van der Waals surface area contributed by atoms with Crippen LogP contribution in [-0.4, -0.2) is 62.5 Å². The molecule has 188 valence electrons. The van der Waals surface area contributed by atoms with Gasteiger partial charge in [-0.15, -0.1) is 0 Å². The number of benzene rings is 2. The Labute approximate surface area is 196 Å². The molecule has 2 aromatic rings. The summed E-state index contributed by atoms with van der Waals surface area (Å²) in [5.41, 5.74) is -3.64. The lowest BCUT2D eigenvalue weighted by molar-refractivity contribution is -0.200. The summed E-state index contributed by atoms with van der Waals surface area (Å²) in [4.78, 5) is 38.5. The van der Waals surface area contributed by atoms with Gasteiger partial charge in [0, 0.05) is 6.54 Å². The Hall–Kier alpha value is -4.03. The third-order valence-corrected chi connectivity index (χ3v) is 5.32. The minimum absolute atomic E-state index is 0.0369. The maximum atomic E-state index is 14.1. The maximum absolute atomic E-state index is 14.1. The van der Waals surface area contributed by atoms with Crippen LogP contribution >= 0.6 is 0 Å². The van der Waals surface area contributed by atoms with E-state index < -0.39 is 47.6 Å². The van der Waals surface area contributed by atoms with Crippen LogP contribution < -0.4 is 24.8 Å². The predicted octanol–water partition coefficient (Wildman–Crippen LogP) is 2.63. The molecule has 0 aliphatic carbocycles. The first-order valence-electron chi connectivity index (χ1n) is 10.1. The lowest BCUT2D eigenvalue weighted by Crippen LogP contribution is -2.69. The van der Waals surface area contributed by atoms with E-state index in [0.717, 1.165) is 25.3 Å². The number of halogens is 4. The topological polar surface area (TPSA) is 106 Å². The monoisotopic (exact) mass is 499 g/mol. The summed E-state index contributed by atoms with van der Waals surface area (Å²) in [6.07, 6.45) is -5.44. The van der Waals surface area contributed by atoms with Crippen molar-refractivity contribution in [2.24, 2.45) is 0 Å². The lowest BCUT2D eigenvalue weighted by Gasteiger charge is -2.30. The van der Waals surface area contributed by atoms with E-state index >= 15 is 0 Å². The molecule has 0 unspecified atom stereocenters. The van der Waals surface area contributed by atoms with Gasteiger partial charge in [-0.1, -0.05) is 12.1 Å². The smallest absolute Gasteiger partial charge is 0.440 e. The third kappa shape index (κ3) is 4.66. The maximum Gasteiger partial charge on any atom is 0.440 e. The summed E-state index contributed by atoms with van der Waals surface area (Å²) in [6.45, 7) is -0.441. The van der Waals surface area contributed by atoms with Crippen LogP contribution in [0.15, 0.2) is 36.4 Å². The van der Waals surface area contributed by atoms with Crippen LogP contribution in [0.25, 0.3) is 0 Å². The minimum Gasteiger partial charge on any atom is -0.493 e. The highest BCUT2D eigenvalue weighted by molar-refractivity contribution is 6.10. The second-order valence-corrected chi connectivity index (χ2v) is 7.35. The fourth-order valence-electron chi connectivity index (χ4n) is 3.54. The number of carbonyl (C=O) groups is 3. The first-order valence-corrected chi connectivity index (χ1v) is 10.1. The normalized spacial score (nSPS) is 17.7. The number of hydrogen-bond donors (Lipinski definition) is 2. The molecule has 13 heteroatoms. The largest absolute Gasteiger partial charge is 0.493 e. The Morgan fingerprint density at radius 3 is 2.17 bits per heavy atom. The molecule has 2 aromatic carbocycles. The van der Waals surface area contributed by atoms with Crippen molar-refractivity contribution in [3.05, 3.63) is 53.3 Å². The van der Waals surface area contributed by atoms with Crippen molar-refractivity contribution in [1.29, 1.82) is 0 Å². The van der Waals surface area contributed by atoms with Gasteiger partial charge < -0.3 is 19.5 Å². The van der Waals surface area contributed by atoms with Crippen molar-refractivity contribution in [3.8, 4) is 17.2 Å². The number of imide groups is 1. The molecule has 1 fully saturated rings. The Morgan fingerprint density at radius 1 is 1.00 bits per heavy atom. The summed E-state index contributed by atoms with van der Waals surface area (Å²) in [7, 11) is 3.70. The SMILES string of the molecule is COc1ccc(C(=O)N[C@@]2(C(F)(F)F)NC(=O)N(CCc3ccc(F)cc3)C2=O)c(OC)c1OC. The summed E-state index contributed by atoms with van der Waals surface area (Å²) in [6, 6.07) is 6.05. The highest BCUT2D eigenvalue weighted by Gasteiger charge is 2.68. The van der Waals surface area contributed by atoms with E-state index in [1.165, 1.54) is 32.4 Å². The number of urea groups is 1. The average molecular weight is 499 g/mol. The number of nitrogens with one attached hydrogen (secondary N) is 2. The van der Waals surface area contributed by atoms with Gasteiger partial charge in [0.15, 0.2) is 11.5 Å². The van der Waals surface area contributed by atoms with Gasteiger partial charge in [0.2, 0.25) is 5.75 Å². The van der Waals surface area contributed by atoms with Gasteiger partial charge in [-0.25, -0.2) is 9.18 Å².